The summed E-state index contributed by atoms with van der Waals surface area (Å²) in [6.45, 7) is 3.64. The van der Waals surface area contributed by atoms with Crippen molar-refractivity contribution in [3.8, 4) is 11.3 Å². The van der Waals surface area contributed by atoms with Crippen LogP contribution in [-0.2, 0) is 4.79 Å². The lowest BCUT2D eigenvalue weighted by Crippen LogP contribution is -2.49. The van der Waals surface area contributed by atoms with Gasteiger partial charge in [0.2, 0.25) is 5.91 Å². The molecule has 0 bridgehead atoms. The maximum atomic E-state index is 13.1. The first kappa shape index (κ1) is 17.7. The monoisotopic (exact) mass is 416 g/mol. The highest BCUT2D eigenvalue weighted by Gasteiger charge is 2.38. The fraction of sp³-hybridized carbons (Fsp3) is 0.500. The number of H-pyrrole nitrogens is 1. The van der Waals surface area contributed by atoms with E-state index in [0.29, 0.717) is 5.91 Å². The van der Waals surface area contributed by atoms with Crippen LogP contribution in [0.5, 0.6) is 0 Å². The molecule has 6 heteroatoms. The summed E-state index contributed by atoms with van der Waals surface area (Å²) in [4.78, 5) is 25.5. The summed E-state index contributed by atoms with van der Waals surface area (Å²) in [5.74, 6) is 1.57. The smallest absolute Gasteiger partial charge is 0.226 e. The Morgan fingerprint density at radius 2 is 1.88 bits per heavy atom. The van der Waals surface area contributed by atoms with Gasteiger partial charge in [-0.2, -0.15) is 0 Å². The normalized spacial score (nSPS) is 24.2. The van der Waals surface area contributed by atoms with Gasteiger partial charge in [0, 0.05) is 42.5 Å². The molecule has 1 N–H and O–H groups in total. The van der Waals surface area contributed by atoms with Gasteiger partial charge in [-0.05, 0) is 37.6 Å². The zero-order valence-electron chi connectivity index (χ0n) is 15.1. The van der Waals surface area contributed by atoms with E-state index < -0.39 is 0 Å². The quantitative estimate of drug-likeness (QED) is 0.832. The topological polar surface area (TPSA) is 52.2 Å². The van der Waals surface area contributed by atoms with Crippen molar-refractivity contribution in [1.29, 1.82) is 0 Å². The number of aromatic amines is 1. The van der Waals surface area contributed by atoms with E-state index in [9.17, 15) is 4.79 Å². The molecule has 4 rings (SSSR count). The maximum absolute atomic E-state index is 13.1. The highest BCUT2D eigenvalue weighted by atomic mass is 79.9. The summed E-state index contributed by atoms with van der Waals surface area (Å²) < 4.78 is 1.06. The molecule has 2 heterocycles. The van der Waals surface area contributed by atoms with Gasteiger partial charge in [-0.3, -0.25) is 4.79 Å². The van der Waals surface area contributed by atoms with E-state index in [-0.39, 0.29) is 11.8 Å². The zero-order chi connectivity index (χ0) is 18.1. The van der Waals surface area contributed by atoms with Gasteiger partial charge < -0.3 is 14.8 Å². The molecule has 0 radical (unpaired) electrons. The van der Waals surface area contributed by atoms with E-state index in [1.165, 1.54) is 0 Å². The number of hydrogen-bond donors (Lipinski definition) is 1. The lowest BCUT2D eigenvalue weighted by Gasteiger charge is -2.34. The van der Waals surface area contributed by atoms with Gasteiger partial charge in [0.1, 0.15) is 5.82 Å². The van der Waals surface area contributed by atoms with Crippen LogP contribution in [0.2, 0.25) is 0 Å². The van der Waals surface area contributed by atoms with Crippen LogP contribution in [0.4, 0.5) is 0 Å². The summed E-state index contributed by atoms with van der Waals surface area (Å²) in [6, 6.07) is 8.21. The lowest BCUT2D eigenvalue weighted by atomic mass is 9.93. The fourth-order valence-electron chi connectivity index (χ4n) is 4.15. The zero-order valence-corrected chi connectivity index (χ0v) is 16.7. The highest BCUT2D eigenvalue weighted by Crippen LogP contribution is 2.40. The van der Waals surface area contributed by atoms with E-state index in [4.69, 9.17) is 0 Å². The molecular formula is C20H25BrN4O. The molecule has 138 valence electrons. The first-order valence-corrected chi connectivity index (χ1v) is 10.2. The van der Waals surface area contributed by atoms with Crippen LogP contribution in [0.1, 0.15) is 31.0 Å². The summed E-state index contributed by atoms with van der Waals surface area (Å²) in [7, 11) is 2.12. The Morgan fingerprint density at radius 1 is 1.15 bits per heavy atom. The molecule has 1 aliphatic heterocycles. The van der Waals surface area contributed by atoms with Gasteiger partial charge in [0.05, 0.1) is 11.9 Å². The molecule has 2 fully saturated rings. The van der Waals surface area contributed by atoms with E-state index in [0.717, 1.165) is 67.0 Å². The molecule has 1 aromatic heterocycles. The fourth-order valence-corrected chi connectivity index (χ4v) is 4.41. The van der Waals surface area contributed by atoms with Crippen molar-refractivity contribution < 1.29 is 4.79 Å². The number of benzene rings is 1. The van der Waals surface area contributed by atoms with E-state index >= 15 is 0 Å². The Bertz CT molecular complexity index is 764. The Morgan fingerprint density at radius 3 is 2.62 bits per heavy atom. The van der Waals surface area contributed by atoms with Crippen molar-refractivity contribution in [1.82, 2.24) is 19.8 Å². The number of aromatic nitrogens is 2. The summed E-state index contributed by atoms with van der Waals surface area (Å²) in [5, 5.41) is 0. The Kier molecular flexibility index (Phi) is 5.14. The molecule has 2 unspecified atom stereocenters. The van der Waals surface area contributed by atoms with Gasteiger partial charge in [-0.15, -0.1) is 0 Å². The molecule has 2 atom stereocenters. The van der Waals surface area contributed by atoms with Crippen molar-refractivity contribution in [2.24, 2.45) is 5.92 Å². The maximum Gasteiger partial charge on any atom is 0.226 e. The number of amides is 1. The van der Waals surface area contributed by atoms with Crippen LogP contribution in [0.3, 0.4) is 0 Å². The van der Waals surface area contributed by atoms with Gasteiger partial charge >= 0.3 is 0 Å². The number of carbonyl (C=O) groups is 1. The highest BCUT2D eigenvalue weighted by molar-refractivity contribution is 9.10. The van der Waals surface area contributed by atoms with Crippen molar-refractivity contribution >= 4 is 21.8 Å². The molecule has 0 spiro atoms. The second-order valence-electron chi connectivity index (χ2n) is 7.46. The number of nitrogens with zero attached hydrogens (tertiary/aromatic N) is 3. The van der Waals surface area contributed by atoms with Crippen LogP contribution in [-0.4, -0.2) is 58.9 Å². The van der Waals surface area contributed by atoms with E-state index in [2.05, 4.69) is 54.9 Å². The third-order valence-electron chi connectivity index (χ3n) is 5.75. The Labute approximate surface area is 162 Å². The number of halogens is 1. The van der Waals surface area contributed by atoms with Crippen LogP contribution >= 0.6 is 15.9 Å². The SMILES string of the molecule is CN1CCN(C(=O)C2CCCC2c2ncc(-c3ccc(Br)cc3)[nH]2)CC1. The standard InChI is InChI=1S/C20H25BrN4O/c1-24-9-11-25(12-10-24)20(26)17-4-2-3-16(17)19-22-13-18(23-19)14-5-7-15(21)8-6-14/h5-8,13,16-17H,2-4,9-12H2,1H3,(H,22,23). The molecule has 2 aliphatic rings. The third kappa shape index (κ3) is 3.58. The molecule has 1 saturated heterocycles. The number of likely N-dealkylation sites (N-methyl/N-ethyl adjacent to an activating group) is 1. The van der Waals surface area contributed by atoms with Crippen LogP contribution in [0.15, 0.2) is 34.9 Å². The molecule has 1 aliphatic carbocycles. The average molecular weight is 417 g/mol. The van der Waals surface area contributed by atoms with Crippen molar-refractivity contribution in [2.75, 3.05) is 33.2 Å². The second-order valence-corrected chi connectivity index (χ2v) is 8.38. The van der Waals surface area contributed by atoms with E-state index in [1.54, 1.807) is 0 Å². The van der Waals surface area contributed by atoms with Gasteiger partial charge in [0.25, 0.3) is 0 Å². The average Bonchev–Trinajstić information content (AvgIpc) is 3.31. The molecule has 1 aromatic carbocycles. The minimum Gasteiger partial charge on any atom is -0.342 e. The van der Waals surface area contributed by atoms with Gasteiger partial charge in [-0.25, -0.2) is 4.98 Å². The van der Waals surface area contributed by atoms with Crippen LogP contribution in [0.25, 0.3) is 11.3 Å². The minimum absolute atomic E-state index is 0.0716. The molecular weight excluding hydrogens is 392 g/mol. The predicted octanol–water partition coefficient (Wildman–Crippen LogP) is 3.50. The van der Waals surface area contributed by atoms with Crippen LogP contribution < -0.4 is 0 Å². The van der Waals surface area contributed by atoms with Crippen molar-refractivity contribution in [2.45, 2.75) is 25.2 Å². The number of carbonyl (C=O) groups excluding carboxylic acids is 1. The first-order valence-electron chi connectivity index (χ1n) is 9.40. The Hall–Kier alpha value is -1.66. The molecule has 26 heavy (non-hydrogen) atoms. The third-order valence-corrected chi connectivity index (χ3v) is 6.28. The summed E-state index contributed by atoms with van der Waals surface area (Å²) in [5.41, 5.74) is 2.14. The summed E-state index contributed by atoms with van der Waals surface area (Å²) in [6.07, 6.45) is 5.01. The molecule has 5 nitrogen and oxygen atoms in total. The molecule has 1 saturated carbocycles. The largest absolute Gasteiger partial charge is 0.342 e. The van der Waals surface area contributed by atoms with Crippen LogP contribution in [0, 0.1) is 5.92 Å². The number of nitrogens with one attached hydrogen (secondary N) is 1. The Balaban J connectivity index is 1.50. The van der Waals surface area contributed by atoms with Gasteiger partial charge in [-0.1, -0.05) is 34.5 Å². The predicted molar refractivity (Wildman–Crippen MR) is 106 cm³/mol. The molecule has 2 aromatic rings. The van der Waals surface area contributed by atoms with Gasteiger partial charge in [0.15, 0.2) is 0 Å². The van der Waals surface area contributed by atoms with Crippen molar-refractivity contribution in [3.63, 3.8) is 0 Å². The minimum atomic E-state index is 0.0716. The lowest BCUT2D eigenvalue weighted by molar-refractivity contribution is -0.137. The van der Waals surface area contributed by atoms with Crippen molar-refractivity contribution in [3.05, 3.63) is 40.8 Å². The first-order chi connectivity index (χ1) is 12.6. The summed E-state index contributed by atoms with van der Waals surface area (Å²) >= 11 is 3.47. The van der Waals surface area contributed by atoms with E-state index in [1.807, 2.05) is 18.3 Å². The second kappa shape index (κ2) is 7.53. The number of hydrogen-bond acceptors (Lipinski definition) is 3. The number of imidazole rings is 1. The molecule has 1 amide bonds. The number of piperazine rings is 1. The number of rotatable bonds is 3.